The Bertz CT molecular complexity index is 306. The zero-order valence-corrected chi connectivity index (χ0v) is 14.3. The molecule has 3 N–H and O–H groups in total. The number of carbonyl (C=O) groups excluding carboxylic acids is 1. The summed E-state index contributed by atoms with van der Waals surface area (Å²) >= 11 is 0. The van der Waals surface area contributed by atoms with Gasteiger partial charge >= 0.3 is 0 Å². The molecule has 1 rings (SSSR count). The fourth-order valence-corrected chi connectivity index (χ4v) is 2.50. The Balaban J connectivity index is 2.06. The molecule has 5 heteroatoms. The van der Waals surface area contributed by atoms with Crippen molar-refractivity contribution < 1.29 is 4.79 Å². The van der Waals surface area contributed by atoms with Gasteiger partial charge in [-0.15, -0.1) is 0 Å². The second-order valence-corrected chi connectivity index (χ2v) is 7.12. The summed E-state index contributed by atoms with van der Waals surface area (Å²) in [6, 6.07) is -0.431. The van der Waals surface area contributed by atoms with Crippen LogP contribution >= 0.6 is 0 Å². The van der Waals surface area contributed by atoms with Crippen molar-refractivity contribution in [3.05, 3.63) is 0 Å². The molecule has 0 aromatic carbocycles. The maximum atomic E-state index is 11.9. The molecule has 1 saturated heterocycles. The molecule has 5 nitrogen and oxygen atoms in total. The predicted molar refractivity (Wildman–Crippen MR) is 88.2 cm³/mol. The first-order chi connectivity index (χ1) is 9.84. The topological polar surface area (TPSA) is 61.6 Å². The van der Waals surface area contributed by atoms with Crippen LogP contribution in [0.25, 0.3) is 0 Å². The molecule has 124 valence electrons. The molecule has 0 aromatic rings. The monoisotopic (exact) mass is 298 g/mol. The molecule has 0 saturated carbocycles. The van der Waals surface area contributed by atoms with Gasteiger partial charge in [0.15, 0.2) is 0 Å². The fourth-order valence-electron chi connectivity index (χ4n) is 2.50. The molecule has 0 aliphatic carbocycles. The molecule has 0 unspecified atom stereocenters. The van der Waals surface area contributed by atoms with Crippen molar-refractivity contribution in [2.75, 3.05) is 45.8 Å². The second-order valence-electron chi connectivity index (χ2n) is 7.12. The van der Waals surface area contributed by atoms with Gasteiger partial charge in [-0.05, 0) is 31.3 Å². The molecule has 1 fully saturated rings. The molecular formula is C16H34N4O. The van der Waals surface area contributed by atoms with Crippen molar-refractivity contribution in [2.45, 2.75) is 46.6 Å². The largest absolute Gasteiger partial charge is 0.355 e. The summed E-state index contributed by atoms with van der Waals surface area (Å²) in [4.78, 5) is 16.9. The number of nitrogens with two attached hydrogens (primary N) is 1. The number of nitrogens with one attached hydrogen (secondary N) is 1. The zero-order chi connectivity index (χ0) is 15.9. The average Bonchev–Trinajstić information content (AvgIpc) is 2.45. The molecule has 1 heterocycles. The van der Waals surface area contributed by atoms with Crippen LogP contribution in [0, 0.1) is 5.41 Å². The highest BCUT2D eigenvalue weighted by molar-refractivity contribution is 5.82. The van der Waals surface area contributed by atoms with Crippen LogP contribution in [0.3, 0.4) is 0 Å². The Labute approximate surface area is 130 Å². The van der Waals surface area contributed by atoms with Crippen LogP contribution in [-0.4, -0.2) is 67.6 Å². The number of amides is 1. The van der Waals surface area contributed by atoms with Gasteiger partial charge in [0.2, 0.25) is 5.91 Å². The maximum Gasteiger partial charge on any atom is 0.237 e. The van der Waals surface area contributed by atoms with Crippen LogP contribution in [0.2, 0.25) is 0 Å². The van der Waals surface area contributed by atoms with Gasteiger partial charge in [-0.1, -0.05) is 27.7 Å². The lowest BCUT2D eigenvalue weighted by Gasteiger charge is -2.34. The van der Waals surface area contributed by atoms with Crippen LogP contribution in [0.4, 0.5) is 0 Å². The zero-order valence-electron chi connectivity index (χ0n) is 14.3. The summed E-state index contributed by atoms with van der Waals surface area (Å²) in [7, 11) is 0. The van der Waals surface area contributed by atoms with Gasteiger partial charge in [0.25, 0.3) is 0 Å². The second kappa shape index (κ2) is 8.71. The lowest BCUT2D eigenvalue weighted by atomic mass is 9.87. The van der Waals surface area contributed by atoms with Gasteiger partial charge < -0.3 is 20.9 Å². The SMILES string of the molecule is CCN1CCN(CCCCNC(=O)[C@@H](N)C(C)(C)C)CC1. The molecule has 1 amide bonds. The third-order valence-electron chi connectivity index (χ3n) is 4.33. The Morgan fingerprint density at radius 2 is 1.71 bits per heavy atom. The minimum atomic E-state index is -0.431. The molecule has 0 aromatic heterocycles. The maximum absolute atomic E-state index is 11.9. The molecule has 1 atom stereocenters. The van der Waals surface area contributed by atoms with Crippen LogP contribution in [0.15, 0.2) is 0 Å². The number of nitrogens with zero attached hydrogens (tertiary/aromatic N) is 2. The van der Waals surface area contributed by atoms with E-state index in [2.05, 4.69) is 22.0 Å². The fraction of sp³-hybridized carbons (Fsp3) is 0.938. The van der Waals surface area contributed by atoms with Crippen molar-refractivity contribution in [1.82, 2.24) is 15.1 Å². The Kier molecular flexibility index (Phi) is 7.63. The number of likely N-dealkylation sites (N-methyl/N-ethyl adjacent to an activating group) is 1. The Hall–Kier alpha value is -0.650. The first kappa shape index (κ1) is 18.4. The molecule has 21 heavy (non-hydrogen) atoms. The standard InChI is InChI=1S/C16H34N4O/c1-5-19-10-12-20(13-11-19)9-7-6-8-18-15(21)14(17)16(2,3)4/h14H,5-13,17H2,1-4H3,(H,18,21)/t14-/m1/s1. The minimum absolute atomic E-state index is 0.0286. The molecular weight excluding hydrogens is 264 g/mol. The first-order valence-electron chi connectivity index (χ1n) is 8.32. The first-order valence-corrected chi connectivity index (χ1v) is 8.32. The average molecular weight is 298 g/mol. The van der Waals surface area contributed by atoms with Gasteiger partial charge in [-0.25, -0.2) is 0 Å². The molecule has 1 aliphatic heterocycles. The van der Waals surface area contributed by atoms with Crippen LogP contribution in [0.1, 0.15) is 40.5 Å². The van der Waals surface area contributed by atoms with E-state index in [1.807, 2.05) is 20.8 Å². The van der Waals surface area contributed by atoms with Crippen molar-refractivity contribution in [3.63, 3.8) is 0 Å². The summed E-state index contributed by atoms with van der Waals surface area (Å²) in [5.74, 6) is -0.0286. The van der Waals surface area contributed by atoms with Gasteiger partial charge in [-0.2, -0.15) is 0 Å². The third-order valence-corrected chi connectivity index (χ3v) is 4.33. The molecule has 0 bridgehead atoms. The van der Waals surface area contributed by atoms with Gasteiger partial charge in [0.1, 0.15) is 0 Å². The summed E-state index contributed by atoms with van der Waals surface area (Å²) < 4.78 is 0. The van der Waals surface area contributed by atoms with Crippen molar-refractivity contribution in [1.29, 1.82) is 0 Å². The van der Waals surface area contributed by atoms with E-state index in [-0.39, 0.29) is 11.3 Å². The Morgan fingerprint density at radius 3 is 2.24 bits per heavy atom. The number of hydrogen-bond donors (Lipinski definition) is 2. The third kappa shape index (κ3) is 6.76. The highest BCUT2D eigenvalue weighted by Gasteiger charge is 2.26. The number of carbonyl (C=O) groups is 1. The quantitative estimate of drug-likeness (QED) is 0.685. The van der Waals surface area contributed by atoms with Crippen molar-refractivity contribution in [3.8, 4) is 0 Å². The van der Waals surface area contributed by atoms with E-state index in [4.69, 9.17) is 5.73 Å². The van der Waals surface area contributed by atoms with Crippen LogP contribution in [-0.2, 0) is 4.79 Å². The number of unbranched alkanes of at least 4 members (excludes halogenated alkanes) is 1. The predicted octanol–water partition coefficient (Wildman–Crippen LogP) is 0.894. The van der Waals surface area contributed by atoms with E-state index in [0.717, 1.165) is 32.5 Å². The summed E-state index contributed by atoms with van der Waals surface area (Å²) in [5.41, 5.74) is 5.75. The minimum Gasteiger partial charge on any atom is -0.355 e. The molecule has 0 spiro atoms. The van der Waals surface area contributed by atoms with Crippen molar-refractivity contribution in [2.24, 2.45) is 11.1 Å². The number of hydrogen-bond acceptors (Lipinski definition) is 4. The van der Waals surface area contributed by atoms with Gasteiger partial charge in [0.05, 0.1) is 6.04 Å². The Morgan fingerprint density at radius 1 is 1.14 bits per heavy atom. The smallest absolute Gasteiger partial charge is 0.237 e. The van der Waals surface area contributed by atoms with E-state index in [1.54, 1.807) is 0 Å². The van der Waals surface area contributed by atoms with E-state index < -0.39 is 6.04 Å². The van der Waals surface area contributed by atoms with Crippen molar-refractivity contribution >= 4 is 5.91 Å². The number of rotatable bonds is 7. The van der Waals surface area contributed by atoms with E-state index in [9.17, 15) is 4.79 Å². The summed E-state index contributed by atoms with van der Waals surface area (Å²) in [6.45, 7) is 16.0. The summed E-state index contributed by atoms with van der Waals surface area (Å²) in [6.07, 6.45) is 2.16. The van der Waals surface area contributed by atoms with Crippen LogP contribution < -0.4 is 11.1 Å². The lowest BCUT2D eigenvalue weighted by molar-refractivity contribution is -0.124. The molecule has 1 aliphatic rings. The number of piperazine rings is 1. The highest BCUT2D eigenvalue weighted by atomic mass is 16.2. The lowest BCUT2D eigenvalue weighted by Crippen LogP contribution is -2.49. The van der Waals surface area contributed by atoms with Gasteiger partial charge in [-0.3, -0.25) is 4.79 Å². The molecule has 0 radical (unpaired) electrons. The van der Waals surface area contributed by atoms with Crippen LogP contribution in [0.5, 0.6) is 0 Å². The summed E-state index contributed by atoms with van der Waals surface area (Å²) in [5, 5.41) is 2.95. The van der Waals surface area contributed by atoms with E-state index in [1.165, 1.54) is 26.2 Å². The van der Waals surface area contributed by atoms with E-state index in [0.29, 0.717) is 0 Å². The normalized spacial score (nSPS) is 19.5. The van der Waals surface area contributed by atoms with E-state index >= 15 is 0 Å². The highest BCUT2D eigenvalue weighted by Crippen LogP contribution is 2.17. The van der Waals surface area contributed by atoms with Gasteiger partial charge in [0, 0.05) is 32.7 Å².